The normalized spacial score (nSPS) is 11.8. The van der Waals surface area contributed by atoms with Crippen LogP contribution in [0.1, 0.15) is 13.8 Å². The van der Waals surface area contributed by atoms with E-state index in [0.717, 1.165) is 0 Å². The van der Waals surface area contributed by atoms with Crippen LogP contribution >= 0.6 is 0 Å². The summed E-state index contributed by atoms with van der Waals surface area (Å²) in [5.41, 5.74) is 0.0417. The van der Waals surface area contributed by atoms with E-state index in [4.69, 9.17) is 0 Å². The molecule has 0 amide bonds. The van der Waals surface area contributed by atoms with Gasteiger partial charge < -0.3 is 0 Å². The van der Waals surface area contributed by atoms with Crippen LogP contribution in [0.2, 0.25) is 0 Å². The second-order valence-electron chi connectivity index (χ2n) is 2.13. The van der Waals surface area contributed by atoms with Crippen molar-refractivity contribution in [3.63, 3.8) is 0 Å². The topological polar surface area (TPSA) is 12.0 Å². The summed E-state index contributed by atoms with van der Waals surface area (Å²) in [6.07, 6.45) is 0. The van der Waals surface area contributed by atoms with E-state index < -0.39 is 0 Å². The molecule has 0 unspecified atom stereocenters. The van der Waals surface area contributed by atoms with Gasteiger partial charge in [0.1, 0.15) is 0 Å². The molecule has 0 atom stereocenters. The minimum absolute atomic E-state index is 0.0417. The molecule has 0 aliphatic carbocycles. The minimum Gasteiger partial charge on any atom is -0.278 e. The number of hydrogen-bond donors (Lipinski definition) is 1. The van der Waals surface area contributed by atoms with Crippen LogP contribution in [0.4, 0.5) is 0 Å². The monoisotopic (exact) mass is 86.1 g/mol. The van der Waals surface area contributed by atoms with E-state index in [1.165, 1.54) is 0 Å². The zero-order valence-electron chi connectivity index (χ0n) is 4.71. The van der Waals surface area contributed by atoms with Gasteiger partial charge in [-0.25, -0.2) is 0 Å². The Balaban J connectivity index is 3.17. The fourth-order valence-electron chi connectivity index (χ4n) is 0. The Morgan fingerprint density at radius 3 is 1.67 bits per heavy atom. The van der Waals surface area contributed by atoms with Crippen molar-refractivity contribution in [2.45, 2.75) is 19.4 Å². The van der Waals surface area contributed by atoms with E-state index in [2.05, 4.69) is 12.2 Å². The Morgan fingerprint density at radius 2 is 1.67 bits per heavy atom. The quantitative estimate of drug-likeness (QED) is 0.466. The van der Waals surface area contributed by atoms with Gasteiger partial charge in [-0.1, -0.05) is 0 Å². The first-order chi connectivity index (χ1) is 2.56. The zero-order valence-corrected chi connectivity index (χ0v) is 4.71. The molecule has 0 aliphatic heterocycles. The Labute approximate surface area is 39.7 Å². The van der Waals surface area contributed by atoms with Gasteiger partial charge in [-0.2, -0.15) is 0 Å². The molecule has 0 heterocycles. The molecule has 1 nitrogen and oxygen atoms in total. The zero-order chi connectivity index (χ0) is 5.21. The molecule has 36 valence electrons. The van der Waals surface area contributed by atoms with Crippen LogP contribution in [0.15, 0.2) is 0 Å². The Hall–Kier alpha value is -0.170. The fraction of sp³-hybridized carbons (Fsp3) is 0.800. The Bertz CT molecular complexity index is 33.7. The smallest absolute Gasteiger partial charge is 0.150 e. The highest BCUT2D eigenvalue weighted by molar-refractivity contribution is 4.76. The predicted octanol–water partition coefficient (Wildman–Crippen LogP) is 0.818. The van der Waals surface area contributed by atoms with Gasteiger partial charge in [-0.15, -0.1) is 0 Å². The lowest BCUT2D eigenvalue weighted by Crippen LogP contribution is -2.32. The number of hydrogen-bond acceptors (Lipinski definition) is 1. The summed E-state index contributed by atoms with van der Waals surface area (Å²) in [5, 5.41) is 2.99. The maximum absolute atomic E-state index is 3.78. The Kier molecular flexibility index (Phi) is 1.48. The van der Waals surface area contributed by atoms with Crippen molar-refractivity contribution in [2.75, 3.05) is 7.05 Å². The van der Waals surface area contributed by atoms with Gasteiger partial charge in [0.15, 0.2) is 5.54 Å². The van der Waals surface area contributed by atoms with E-state index in [9.17, 15) is 0 Å². The van der Waals surface area contributed by atoms with Crippen LogP contribution in [0.3, 0.4) is 0 Å². The Morgan fingerprint density at radius 1 is 1.50 bits per heavy atom. The van der Waals surface area contributed by atoms with Crippen LogP contribution in [0, 0.1) is 6.92 Å². The van der Waals surface area contributed by atoms with Crippen molar-refractivity contribution in [2.24, 2.45) is 0 Å². The van der Waals surface area contributed by atoms with Crippen molar-refractivity contribution in [3.05, 3.63) is 6.92 Å². The molecule has 1 heteroatoms. The summed E-state index contributed by atoms with van der Waals surface area (Å²) in [7, 11) is 1.90. The van der Waals surface area contributed by atoms with Gasteiger partial charge in [-0.05, 0) is 20.9 Å². The van der Waals surface area contributed by atoms with E-state index in [1.807, 2.05) is 20.9 Å². The molecule has 0 fully saturated rings. The highest BCUT2D eigenvalue weighted by atomic mass is 14.9. The van der Waals surface area contributed by atoms with Crippen LogP contribution < -0.4 is 5.32 Å². The lowest BCUT2D eigenvalue weighted by Gasteiger charge is -2.06. The maximum Gasteiger partial charge on any atom is 0.150 e. The molecule has 0 aromatic rings. The van der Waals surface area contributed by atoms with E-state index in [1.54, 1.807) is 0 Å². The van der Waals surface area contributed by atoms with E-state index >= 15 is 0 Å². The first-order valence-corrected chi connectivity index (χ1v) is 2.10. The molecular formula is C5H12N+. The molecule has 0 bridgehead atoms. The molecular weight excluding hydrogens is 74.1 g/mol. The molecule has 1 N–H and O–H groups in total. The first kappa shape index (κ1) is 5.83. The molecule has 0 saturated heterocycles. The van der Waals surface area contributed by atoms with Crippen molar-refractivity contribution >= 4 is 0 Å². The molecule has 0 rings (SSSR count). The van der Waals surface area contributed by atoms with E-state index in [0.29, 0.717) is 0 Å². The third-order valence-corrected chi connectivity index (χ3v) is 0.677. The second kappa shape index (κ2) is 1.52. The highest BCUT2D eigenvalue weighted by Crippen LogP contribution is 1.93. The summed E-state index contributed by atoms with van der Waals surface area (Å²) in [6, 6.07) is 0. The number of rotatable bonds is 1. The molecule has 6 heavy (non-hydrogen) atoms. The van der Waals surface area contributed by atoms with Crippen molar-refractivity contribution in [3.8, 4) is 0 Å². The van der Waals surface area contributed by atoms with Crippen molar-refractivity contribution in [1.29, 1.82) is 0 Å². The third kappa shape index (κ3) is 3.83. The van der Waals surface area contributed by atoms with Gasteiger partial charge in [0, 0.05) is 0 Å². The average Bonchev–Trinajstić information content (AvgIpc) is 1.35. The largest absolute Gasteiger partial charge is 0.278 e. The molecule has 0 saturated carbocycles. The lowest BCUT2D eigenvalue weighted by atomic mass is 10.1. The van der Waals surface area contributed by atoms with Crippen LogP contribution in [0.25, 0.3) is 0 Å². The van der Waals surface area contributed by atoms with Gasteiger partial charge >= 0.3 is 0 Å². The minimum atomic E-state index is 0.0417. The van der Waals surface area contributed by atoms with E-state index in [-0.39, 0.29) is 5.54 Å². The van der Waals surface area contributed by atoms with Gasteiger partial charge in [0.25, 0.3) is 0 Å². The second-order valence-corrected chi connectivity index (χ2v) is 2.13. The highest BCUT2D eigenvalue weighted by Gasteiger charge is 2.11. The third-order valence-electron chi connectivity index (χ3n) is 0.677. The van der Waals surface area contributed by atoms with Crippen LogP contribution in [-0.2, 0) is 0 Å². The molecule has 0 aromatic carbocycles. The molecule has 0 aromatic heterocycles. The van der Waals surface area contributed by atoms with Crippen molar-refractivity contribution < 1.29 is 0 Å². The fourth-order valence-corrected chi connectivity index (χ4v) is 0. The molecule has 0 spiro atoms. The van der Waals surface area contributed by atoms with Gasteiger partial charge in [-0.3, -0.25) is 5.32 Å². The summed E-state index contributed by atoms with van der Waals surface area (Å²) >= 11 is 0. The summed E-state index contributed by atoms with van der Waals surface area (Å²) in [4.78, 5) is 0. The molecule has 0 radical (unpaired) electrons. The standard InChI is InChI=1S/C5H12N/c1-5(2,3)6-4/h6H,1H2,2-4H3/q+1. The summed E-state index contributed by atoms with van der Waals surface area (Å²) < 4.78 is 0. The molecule has 0 aliphatic rings. The lowest BCUT2D eigenvalue weighted by molar-refractivity contribution is 0.524. The first-order valence-electron chi connectivity index (χ1n) is 2.10. The van der Waals surface area contributed by atoms with Crippen LogP contribution in [0.5, 0.6) is 0 Å². The van der Waals surface area contributed by atoms with Gasteiger partial charge in [0.2, 0.25) is 0 Å². The van der Waals surface area contributed by atoms with Gasteiger partial charge in [0.05, 0.1) is 6.92 Å². The SMILES string of the molecule is [CH2+]C(C)(C)NC. The predicted molar refractivity (Wildman–Crippen MR) is 28.5 cm³/mol. The average molecular weight is 86.2 g/mol. The summed E-state index contributed by atoms with van der Waals surface area (Å²) in [5.74, 6) is 0. The number of nitrogens with one attached hydrogen (secondary N) is 1. The maximum atomic E-state index is 3.78. The van der Waals surface area contributed by atoms with Crippen LogP contribution in [-0.4, -0.2) is 12.6 Å². The van der Waals surface area contributed by atoms with Crippen molar-refractivity contribution in [1.82, 2.24) is 5.32 Å². The summed E-state index contributed by atoms with van der Waals surface area (Å²) in [6.45, 7) is 7.82.